The van der Waals surface area contributed by atoms with Gasteiger partial charge in [0.15, 0.2) is 11.0 Å². The minimum Gasteiger partial charge on any atom is -0.477 e. The van der Waals surface area contributed by atoms with Crippen LogP contribution in [0.25, 0.3) is 0 Å². The molecule has 2 atom stereocenters. The zero-order valence-corrected chi connectivity index (χ0v) is 19.2. The Morgan fingerprint density at radius 3 is 2.87 bits per heavy atom. The molecule has 2 aromatic heterocycles. The van der Waals surface area contributed by atoms with Gasteiger partial charge in [-0.1, -0.05) is 17.8 Å². The van der Waals surface area contributed by atoms with Gasteiger partial charge in [0.1, 0.15) is 33.2 Å². The normalized spacial score (nSPS) is 20.2. The summed E-state index contributed by atoms with van der Waals surface area (Å²) in [6, 6.07) is 2.49. The molecule has 1 saturated heterocycles. The standard InChI is InChI=1S/C18H15N3O6S4/c1-8-19-5-11(27-8)29-6-9-7-30-17-12(16(23)21(17)13(9)18(24)25)20-15(22)14(31-26)10-3-2-4-28-10/h2-5,12,17H,6-7H2,1H3,(H,20,22)(H,24,25)/t12?,17-/m1/s1. The van der Waals surface area contributed by atoms with E-state index in [1.165, 1.54) is 39.8 Å². The molecule has 1 unspecified atom stereocenters. The van der Waals surface area contributed by atoms with Crippen LogP contribution in [0.3, 0.4) is 0 Å². The fraction of sp³-hybridized carbons (Fsp3) is 0.278. The van der Waals surface area contributed by atoms with Crippen molar-refractivity contribution in [2.24, 2.45) is 0 Å². The fourth-order valence-corrected chi connectivity index (χ4v) is 6.70. The lowest BCUT2D eigenvalue weighted by Gasteiger charge is -2.49. The summed E-state index contributed by atoms with van der Waals surface area (Å²) >= 11 is 3.99. The summed E-state index contributed by atoms with van der Waals surface area (Å²) in [7, 11) is 0. The smallest absolute Gasteiger partial charge is 0.352 e. The van der Waals surface area contributed by atoms with Crippen LogP contribution in [-0.2, 0) is 25.6 Å². The fourth-order valence-electron chi connectivity index (χ4n) is 3.17. The average Bonchev–Trinajstić information content (AvgIpc) is 3.42. The van der Waals surface area contributed by atoms with Crippen LogP contribution in [0.1, 0.15) is 10.8 Å². The van der Waals surface area contributed by atoms with Gasteiger partial charge in [0.05, 0.1) is 11.1 Å². The number of carboxylic acid groups (broad SMARTS) is 1. The van der Waals surface area contributed by atoms with Crippen LogP contribution < -0.4 is 5.32 Å². The molecule has 0 spiro atoms. The highest BCUT2D eigenvalue weighted by molar-refractivity contribution is 8.01. The number of thioether (sulfide) groups is 2. The molecule has 4 rings (SSSR count). The van der Waals surface area contributed by atoms with Crippen LogP contribution in [0.5, 0.6) is 0 Å². The molecule has 4 heterocycles. The highest BCUT2D eigenvalue weighted by Gasteiger charge is 2.54. The van der Waals surface area contributed by atoms with Gasteiger partial charge in [0.2, 0.25) is 0 Å². The van der Waals surface area contributed by atoms with E-state index in [9.17, 15) is 23.7 Å². The van der Waals surface area contributed by atoms with Crippen molar-refractivity contribution in [1.29, 1.82) is 0 Å². The maximum atomic E-state index is 12.7. The molecule has 2 N–H and O–H groups in total. The second kappa shape index (κ2) is 9.02. The molecule has 0 saturated carbocycles. The predicted molar refractivity (Wildman–Crippen MR) is 118 cm³/mol. The van der Waals surface area contributed by atoms with Crippen LogP contribution >= 0.6 is 34.9 Å². The molecule has 1 fully saturated rings. The van der Waals surface area contributed by atoms with E-state index < -0.39 is 29.2 Å². The molecule has 2 aromatic rings. The molecule has 9 nitrogen and oxygen atoms in total. The maximum absolute atomic E-state index is 12.7. The number of aryl methyl sites for hydroxylation is 1. The van der Waals surface area contributed by atoms with Crippen molar-refractivity contribution in [1.82, 2.24) is 15.2 Å². The van der Waals surface area contributed by atoms with Crippen molar-refractivity contribution >= 4 is 68.8 Å². The maximum Gasteiger partial charge on any atom is 0.352 e. The number of carbonyl (C=O) groups excluding carboxylic acids is 2. The SMILES string of the molecule is Cc1ncc(SCC2=C(C(=O)O)N3C(=O)C(NC(=O)C(=S=O)c4cccs4)[C@H]3SC2)o1. The van der Waals surface area contributed by atoms with Crippen molar-refractivity contribution in [2.45, 2.75) is 23.4 Å². The third-order valence-corrected chi connectivity index (χ3v) is 8.45. The van der Waals surface area contributed by atoms with Gasteiger partial charge in [-0.15, -0.1) is 23.1 Å². The largest absolute Gasteiger partial charge is 0.477 e. The quantitative estimate of drug-likeness (QED) is 0.252. The topological polar surface area (TPSA) is 130 Å². The molecule has 13 heteroatoms. The number of nitrogens with zero attached hydrogens (tertiary/aromatic N) is 2. The lowest BCUT2D eigenvalue weighted by Crippen LogP contribution is -2.71. The van der Waals surface area contributed by atoms with E-state index in [2.05, 4.69) is 10.3 Å². The molecular formula is C18H15N3O6S4. The summed E-state index contributed by atoms with van der Waals surface area (Å²) in [5.41, 5.74) is 0.524. The number of hydrogen-bond donors (Lipinski definition) is 2. The number of aromatic nitrogens is 1. The van der Waals surface area contributed by atoms with Gasteiger partial charge >= 0.3 is 5.97 Å². The van der Waals surface area contributed by atoms with Crippen LogP contribution in [0.4, 0.5) is 0 Å². The van der Waals surface area contributed by atoms with Gasteiger partial charge in [-0.05, 0) is 17.0 Å². The molecule has 2 aliphatic rings. The Balaban J connectivity index is 1.48. The third-order valence-electron chi connectivity index (χ3n) is 4.56. The number of carboxylic acids is 1. The van der Waals surface area contributed by atoms with Gasteiger partial charge in [0.25, 0.3) is 11.8 Å². The zero-order valence-electron chi connectivity index (χ0n) is 15.9. The molecule has 2 amide bonds. The summed E-state index contributed by atoms with van der Waals surface area (Å²) in [6.45, 7) is 1.72. The van der Waals surface area contributed by atoms with Crippen molar-refractivity contribution in [3.05, 3.63) is 45.7 Å². The Hall–Kier alpha value is -2.35. The van der Waals surface area contributed by atoms with Gasteiger partial charge in [0, 0.05) is 18.4 Å². The first-order valence-corrected chi connectivity index (χ1v) is 12.5. The highest BCUT2D eigenvalue weighted by Crippen LogP contribution is 2.41. The predicted octanol–water partition coefficient (Wildman–Crippen LogP) is 1.31. The van der Waals surface area contributed by atoms with E-state index >= 15 is 0 Å². The van der Waals surface area contributed by atoms with Crippen molar-refractivity contribution in [2.75, 3.05) is 11.5 Å². The van der Waals surface area contributed by atoms with E-state index in [1.807, 2.05) is 0 Å². The first kappa shape index (κ1) is 21.9. The number of carbonyl (C=O) groups is 3. The van der Waals surface area contributed by atoms with E-state index in [1.54, 1.807) is 30.6 Å². The number of thiophene rings is 1. The number of aliphatic carboxylic acids is 1. The van der Waals surface area contributed by atoms with E-state index in [0.29, 0.717) is 32.9 Å². The summed E-state index contributed by atoms with van der Waals surface area (Å²) in [4.78, 5) is 42.9. The van der Waals surface area contributed by atoms with Crippen molar-refractivity contribution in [3.8, 4) is 0 Å². The highest BCUT2D eigenvalue weighted by atomic mass is 32.2. The minimum atomic E-state index is -1.20. The van der Waals surface area contributed by atoms with Crippen molar-refractivity contribution in [3.63, 3.8) is 0 Å². The van der Waals surface area contributed by atoms with Crippen LogP contribution in [0.15, 0.2) is 44.5 Å². The number of amides is 2. The zero-order chi connectivity index (χ0) is 22.1. The molecule has 31 heavy (non-hydrogen) atoms. The van der Waals surface area contributed by atoms with Crippen LogP contribution in [-0.4, -0.2) is 64.8 Å². The third kappa shape index (κ3) is 4.22. The van der Waals surface area contributed by atoms with Crippen LogP contribution in [0.2, 0.25) is 0 Å². The summed E-state index contributed by atoms with van der Waals surface area (Å²) in [6.07, 6.45) is 1.57. The lowest BCUT2D eigenvalue weighted by atomic mass is 10.0. The molecule has 162 valence electrons. The number of β-lactam (4-membered cyclic amide) rings is 1. The molecule has 2 aliphatic heterocycles. The lowest BCUT2D eigenvalue weighted by molar-refractivity contribution is -0.150. The molecule has 0 radical (unpaired) electrons. The Kier molecular flexibility index (Phi) is 6.36. The Labute approximate surface area is 192 Å². The Morgan fingerprint density at radius 2 is 2.26 bits per heavy atom. The van der Waals surface area contributed by atoms with E-state index in [4.69, 9.17) is 4.42 Å². The summed E-state index contributed by atoms with van der Waals surface area (Å²) in [5, 5.41) is 14.1. The second-order valence-electron chi connectivity index (χ2n) is 6.50. The molecular weight excluding hydrogens is 482 g/mol. The summed E-state index contributed by atoms with van der Waals surface area (Å²) < 4.78 is 16.8. The Morgan fingerprint density at radius 1 is 1.45 bits per heavy atom. The number of oxazole rings is 1. The number of fused-ring (bicyclic) bond motifs is 1. The second-order valence-corrected chi connectivity index (χ2v) is 10.1. The Bertz CT molecular complexity index is 1140. The molecule has 0 bridgehead atoms. The molecule has 0 aliphatic carbocycles. The van der Waals surface area contributed by atoms with Crippen molar-refractivity contribution < 1.29 is 28.1 Å². The van der Waals surface area contributed by atoms with E-state index in [-0.39, 0.29) is 21.8 Å². The van der Waals surface area contributed by atoms with Gasteiger partial charge in [-0.25, -0.2) is 14.0 Å². The minimum absolute atomic E-state index is 0.0181. The van der Waals surface area contributed by atoms with E-state index in [0.717, 1.165) is 0 Å². The number of nitrogens with one attached hydrogen (secondary N) is 1. The average molecular weight is 498 g/mol. The first-order valence-electron chi connectivity index (χ1n) is 8.87. The van der Waals surface area contributed by atoms with Crippen LogP contribution in [0, 0.1) is 6.92 Å². The van der Waals surface area contributed by atoms with Gasteiger partial charge in [-0.3, -0.25) is 14.5 Å². The van der Waals surface area contributed by atoms with Gasteiger partial charge in [-0.2, -0.15) is 0 Å². The van der Waals surface area contributed by atoms with Gasteiger partial charge < -0.3 is 14.8 Å². The first-order chi connectivity index (χ1) is 14.9. The number of hydrogen-bond acceptors (Lipinski definition) is 9. The number of rotatable bonds is 7. The molecule has 0 aromatic carbocycles. The monoisotopic (exact) mass is 497 g/mol. The summed E-state index contributed by atoms with van der Waals surface area (Å²) in [5.74, 6) is -1.11.